The van der Waals surface area contributed by atoms with Gasteiger partial charge in [0.05, 0.1) is 6.26 Å². The zero-order chi connectivity index (χ0) is 18.7. The molecule has 0 spiro atoms. The molecule has 1 amide bonds. The molecule has 8 nitrogen and oxygen atoms in total. The minimum absolute atomic E-state index is 0.0300. The summed E-state index contributed by atoms with van der Waals surface area (Å²) in [7, 11) is -3.62. The molecule has 2 N–H and O–H groups in total. The van der Waals surface area contributed by atoms with Crippen LogP contribution in [0.3, 0.4) is 0 Å². The largest absolute Gasteiger partial charge is 0.452 e. The number of carbonyl (C=O) groups is 2. The van der Waals surface area contributed by atoms with Crippen molar-refractivity contribution in [1.29, 1.82) is 0 Å². The molecule has 0 saturated heterocycles. The summed E-state index contributed by atoms with van der Waals surface area (Å²) < 4.78 is 36.8. The van der Waals surface area contributed by atoms with Crippen molar-refractivity contribution in [1.82, 2.24) is 10.0 Å². The van der Waals surface area contributed by atoms with Gasteiger partial charge in [0, 0.05) is 12.0 Å². The minimum atomic E-state index is -3.62. The fourth-order valence-electron chi connectivity index (χ4n) is 2.50. The van der Waals surface area contributed by atoms with Gasteiger partial charge < -0.3 is 14.8 Å². The van der Waals surface area contributed by atoms with Crippen LogP contribution in [0.4, 0.5) is 0 Å². The Morgan fingerprint density at radius 2 is 2.08 bits per heavy atom. The maximum atomic E-state index is 12.4. The molecule has 0 aromatic heterocycles. The van der Waals surface area contributed by atoms with Gasteiger partial charge in [0.2, 0.25) is 28.1 Å². The number of amides is 1. The zero-order valence-corrected chi connectivity index (χ0v) is 14.6. The third-order valence-corrected chi connectivity index (χ3v) is 4.18. The molecule has 26 heavy (non-hydrogen) atoms. The molecule has 1 aromatic rings. The second-order valence-electron chi connectivity index (χ2n) is 5.66. The molecule has 0 radical (unpaired) electrons. The number of fused-ring (bicyclic) bond motifs is 1. The first-order valence-electron chi connectivity index (χ1n) is 7.64. The fourth-order valence-corrected chi connectivity index (χ4v) is 2.99. The van der Waals surface area contributed by atoms with Crippen LogP contribution in [0.5, 0.6) is 5.75 Å². The zero-order valence-electron chi connectivity index (χ0n) is 13.8. The quantitative estimate of drug-likeness (QED) is 0.699. The lowest BCUT2D eigenvalue weighted by Gasteiger charge is -2.25. The molecule has 1 unspecified atom stereocenters. The molecule has 1 aliphatic heterocycles. The van der Waals surface area contributed by atoms with Gasteiger partial charge >= 0.3 is 0 Å². The van der Waals surface area contributed by atoms with Gasteiger partial charge in [0.25, 0.3) is 0 Å². The van der Waals surface area contributed by atoms with Gasteiger partial charge in [-0.2, -0.15) is 0 Å². The molecule has 1 heterocycles. The van der Waals surface area contributed by atoms with Gasteiger partial charge in [-0.15, -0.1) is 0 Å². The smallest absolute Gasteiger partial charge is 0.246 e. The van der Waals surface area contributed by atoms with Crippen LogP contribution in [0.15, 0.2) is 59.9 Å². The highest BCUT2D eigenvalue weighted by Gasteiger charge is 2.28. The Kier molecular flexibility index (Phi) is 4.81. The standard InChI is InChI=1S/C17H16N2O6S/c1-26(22,23)19-17-15(9-11-5-2-3-7-13(11)25-17)24-14-8-4-6-12(16(14)21)18-10-20/h2-8,10,12,19H,9H2,1H3,(H,18,20). The molecule has 0 bridgehead atoms. The summed E-state index contributed by atoms with van der Waals surface area (Å²) in [5.74, 6) is 0.0564. The summed E-state index contributed by atoms with van der Waals surface area (Å²) in [5.41, 5.74) is 0.781. The minimum Gasteiger partial charge on any atom is -0.452 e. The van der Waals surface area contributed by atoms with Crippen LogP contribution in [0, 0.1) is 0 Å². The normalized spacial score (nSPS) is 19.2. The monoisotopic (exact) mass is 376 g/mol. The molecule has 0 fully saturated rings. The Morgan fingerprint density at radius 3 is 2.81 bits per heavy atom. The second kappa shape index (κ2) is 7.04. The van der Waals surface area contributed by atoms with Crippen molar-refractivity contribution >= 4 is 22.2 Å². The molecular weight excluding hydrogens is 360 g/mol. The summed E-state index contributed by atoms with van der Waals surface area (Å²) in [6.45, 7) is 0. The van der Waals surface area contributed by atoms with Gasteiger partial charge in [-0.25, -0.2) is 8.42 Å². The lowest BCUT2D eigenvalue weighted by atomic mass is 10.1. The number of rotatable bonds is 6. The van der Waals surface area contributed by atoms with E-state index < -0.39 is 21.8 Å². The number of allylic oxidation sites excluding steroid dienone is 3. The first-order valence-corrected chi connectivity index (χ1v) is 9.53. The summed E-state index contributed by atoms with van der Waals surface area (Å²) in [6.07, 6.45) is 6.16. The van der Waals surface area contributed by atoms with E-state index in [0.717, 1.165) is 11.8 Å². The van der Waals surface area contributed by atoms with E-state index in [1.54, 1.807) is 18.2 Å². The molecule has 3 rings (SSSR count). The summed E-state index contributed by atoms with van der Waals surface area (Å²) in [4.78, 5) is 23.0. The number of nitrogens with one attached hydrogen (secondary N) is 2. The molecule has 2 aliphatic rings. The molecule has 9 heteroatoms. The molecule has 1 aromatic carbocycles. The average molecular weight is 376 g/mol. The van der Waals surface area contributed by atoms with Crippen LogP contribution in [0.1, 0.15) is 5.56 Å². The van der Waals surface area contributed by atoms with E-state index in [1.807, 2.05) is 12.1 Å². The van der Waals surface area contributed by atoms with E-state index in [1.165, 1.54) is 12.2 Å². The van der Waals surface area contributed by atoms with Crippen LogP contribution < -0.4 is 14.8 Å². The van der Waals surface area contributed by atoms with Crippen molar-refractivity contribution in [3.8, 4) is 5.75 Å². The van der Waals surface area contributed by atoms with Crippen molar-refractivity contribution < 1.29 is 27.5 Å². The van der Waals surface area contributed by atoms with Gasteiger partial charge in [0.1, 0.15) is 11.8 Å². The number of sulfonamides is 1. The van der Waals surface area contributed by atoms with Crippen LogP contribution in [-0.2, 0) is 30.8 Å². The lowest BCUT2D eigenvalue weighted by Crippen LogP contribution is -2.37. The Balaban J connectivity index is 1.91. The van der Waals surface area contributed by atoms with E-state index in [4.69, 9.17) is 9.47 Å². The SMILES string of the molecule is CS(=O)(=O)NC1=C(OC2=CC=CC(NC=O)C2=O)Cc2ccccc2O1. The van der Waals surface area contributed by atoms with Crippen molar-refractivity contribution in [2.45, 2.75) is 12.5 Å². The van der Waals surface area contributed by atoms with Crippen molar-refractivity contribution in [2.24, 2.45) is 0 Å². The van der Waals surface area contributed by atoms with Crippen LogP contribution in [0.25, 0.3) is 0 Å². The summed E-state index contributed by atoms with van der Waals surface area (Å²) in [5, 5.41) is 2.37. The Hall–Kier alpha value is -3.07. The first-order chi connectivity index (χ1) is 12.4. The van der Waals surface area contributed by atoms with Gasteiger partial charge in [-0.05, 0) is 12.1 Å². The third kappa shape index (κ3) is 3.94. The van der Waals surface area contributed by atoms with E-state index in [0.29, 0.717) is 12.2 Å². The second-order valence-corrected chi connectivity index (χ2v) is 7.41. The number of para-hydroxylation sites is 1. The van der Waals surface area contributed by atoms with E-state index >= 15 is 0 Å². The maximum Gasteiger partial charge on any atom is 0.246 e. The van der Waals surface area contributed by atoms with Gasteiger partial charge in [0.15, 0.2) is 11.5 Å². The van der Waals surface area contributed by atoms with Crippen molar-refractivity contribution in [3.63, 3.8) is 0 Å². The highest BCUT2D eigenvalue weighted by atomic mass is 32.2. The number of carbonyl (C=O) groups excluding carboxylic acids is 2. The highest BCUT2D eigenvalue weighted by molar-refractivity contribution is 7.88. The molecular formula is C17H16N2O6S. The van der Waals surface area contributed by atoms with Crippen LogP contribution >= 0.6 is 0 Å². The van der Waals surface area contributed by atoms with Crippen LogP contribution in [0.2, 0.25) is 0 Å². The predicted octanol–water partition coefficient (Wildman–Crippen LogP) is 0.494. The lowest BCUT2D eigenvalue weighted by molar-refractivity contribution is -0.121. The summed E-state index contributed by atoms with van der Waals surface area (Å²) in [6, 6.07) is 6.25. The molecule has 1 aliphatic carbocycles. The Morgan fingerprint density at radius 1 is 1.31 bits per heavy atom. The Labute approximate surface area is 150 Å². The molecule has 136 valence electrons. The Bertz CT molecular complexity index is 946. The van der Waals surface area contributed by atoms with Crippen molar-refractivity contribution in [2.75, 3.05) is 6.26 Å². The van der Waals surface area contributed by atoms with E-state index in [2.05, 4.69) is 10.0 Å². The highest BCUT2D eigenvalue weighted by Crippen LogP contribution is 2.31. The average Bonchev–Trinajstić information content (AvgIpc) is 2.58. The molecule has 0 saturated carbocycles. The number of hydrogen-bond donors (Lipinski definition) is 2. The number of hydrogen-bond acceptors (Lipinski definition) is 6. The predicted molar refractivity (Wildman–Crippen MR) is 92.1 cm³/mol. The number of ether oxygens (including phenoxy) is 2. The number of ketones is 1. The van der Waals surface area contributed by atoms with Crippen molar-refractivity contribution in [3.05, 3.63) is 65.5 Å². The third-order valence-electron chi connectivity index (χ3n) is 3.62. The topological polar surface area (TPSA) is 111 Å². The van der Waals surface area contributed by atoms with Crippen LogP contribution in [-0.4, -0.2) is 32.9 Å². The first kappa shape index (κ1) is 17.7. The van der Waals surface area contributed by atoms with E-state index in [-0.39, 0.29) is 23.8 Å². The number of Topliss-reactive ketones (excluding diaryl/α,β-unsaturated/α-hetero) is 1. The maximum absolute atomic E-state index is 12.4. The van der Waals surface area contributed by atoms with Gasteiger partial charge in [-0.1, -0.05) is 30.4 Å². The number of benzene rings is 1. The van der Waals surface area contributed by atoms with Gasteiger partial charge in [-0.3, -0.25) is 14.3 Å². The van der Waals surface area contributed by atoms with E-state index in [9.17, 15) is 18.0 Å². The summed E-state index contributed by atoms with van der Waals surface area (Å²) >= 11 is 0. The molecule has 1 atom stereocenters. The fraction of sp³-hybridized carbons (Fsp3) is 0.176.